The molecule has 0 bridgehead atoms. The summed E-state index contributed by atoms with van der Waals surface area (Å²) in [6, 6.07) is 5.79. The van der Waals surface area contributed by atoms with Gasteiger partial charge in [0.25, 0.3) is 5.91 Å². The van der Waals surface area contributed by atoms with Crippen LogP contribution in [0.3, 0.4) is 0 Å². The van der Waals surface area contributed by atoms with Gasteiger partial charge >= 0.3 is 0 Å². The molecule has 3 rings (SSSR count). The summed E-state index contributed by atoms with van der Waals surface area (Å²) in [6.45, 7) is 4.40. The lowest BCUT2D eigenvalue weighted by Crippen LogP contribution is -2.30. The third kappa shape index (κ3) is 5.57. The molecule has 1 amide bonds. The molecule has 2 N–H and O–H groups in total. The number of amides is 1. The molecule has 1 fully saturated rings. The van der Waals surface area contributed by atoms with Gasteiger partial charge < -0.3 is 10.6 Å². The van der Waals surface area contributed by atoms with Crippen LogP contribution in [-0.2, 0) is 6.42 Å². The van der Waals surface area contributed by atoms with E-state index < -0.39 is 0 Å². The van der Waals surface area contributed by atoms with Crippen LogP contribution in [0.2, 0.25) is 10.0 Å². The van der Waals surface area contributed by atoms with E-state index in [4.69, 9.17) is 23.2 Å². The smallest absolute Gasteiger partial charge is 0.273 e. The van der Waals surface area contributed by atoms with Gasteiger partial charge in [-0.05, 0) is 63.4 Å². The lowest BCUT2D eigenvalue weighted by molar-refractivity contribution is 0.0947. The maximum atomic E-state index is 12.4. The van der Waals surface area contributed by atoms with Crippen LogP contribution in [0, 0.1) is 6.92 Å². The molecule has 0 aliphatic carbocycles. The number of hydrogen-bond acceptors (Lipinski definition) is 4. The second-order valence-corrected chi connectivity index (χ2v) is 7.39. The van der Waals surface area contributed by atoms with Crippen molar-refractivity contribution in [2.45, 2.75) is 38.6 Å². The van der Waals surface area contributed by atoms with Crippen LogP contribution in [0.4, 0.5) is 0 Å². The van der Waals surface area contributed by atoms with E-state index in [1.54, 1.807) is 6.07 Å². The summed E-state index contributed by atoms with van der Waals surface area (Å²) >= 11 is 12.1. The van der Waals surface area contributed by atoms with E-state index >= 15 is 0 Å². The maximum Gasteiger partial charge on any atom is 0.273 e. The highest BCUT2D eigenvalue weighted by Gasteiger charge is 2.22. The second-order valence-electron chi connectivity index (χ2n) is 6.54. The summed E-state index contributed by atoms with van der Waals surface area (Å²) in [4.78, 5) is 12.4. The molecule has 2 heterocycles. The van der Waals surface area contributed by atoms with Gasteiger partial charge in [-0.1, -0.05) is 34.5 Å². The molecule has 1 saturated heterocycles. The summed E-state index contributed by atoms with van der Waals surface area (Å²) in [5.74, 6) is -0.176. The minimum Gasteiger partial charge on any atom is -0.351 e. The number of aryl methyl sites for hydroxylation is 1. The molecule has 0 saturated carbocycles. The normalized spacial score (nSPS) is 14.6. The zero-order valence-electron chi connectivity index (χ0n) is 15.2. The molecule has 6 nitrogen and oxygen atoms in total. The van der Waals surface area contributed by atoms with Gasteiger partial charge in [0.05, 0.1) is 11.7 Å². The molecular formula is C18H24Cl3N5O. The molecule has 1 aromatic heterocycles. The van der Waals surface area contributed by atoms with Crippen LogP contribution in [-0.4, -0.2) is 40.5 Å². The van der Waals surface area contributed by atoms with E-state index in [0.29, 0.717) is 28.3 Å². The van der Waals surface area contributed by atoms with Crippen LogP contribution < -0.4 is 10.6 Å². The van der Waals surface area contributed by atoms with E-state index in [2.05, 4.69) is 20.9 Å². The fraction of sp³-hybridized carbons (Fsp3) is 0.500. The molecule has 9 heteroatoms. The number of hydrogen-bond donors (Lipinski definition) is 2. The highest BCUT2D eigenvalue weighted by molar-refractivity contribution is 6.35. The minimum atomic E-state index is -0.176. The van der Waals surface area contributed by atoms with Gasteiger partial charge in [-0.2, -0.15) is 0 Å². The first-order chi connectivity index (χ1) is 12.6. The van der Waals surface area contributed by atoms with Crippen LogP contribution in [0.1, 0.15) is 47.1 Å². The van der Waals surface area contributed by atoms with Crippen molar-refractivity contribution in [3.05, 3.63) is 45.2 Å². The second kappa shape index (κ2) is 10.3. The zero-order chi connectivity index (χ0) is 18.5. The van der Waals surface area contributed by atoms with Crippen molar-refractivity contribution in [2.75, 3.05) is 19.6 Å². The number of piperidine rings is 1. The maximum absolute atomic E-state index is 12.4. The highest BCUT2D eigenvalue weighted by atomic mass is 35.5. The summed E-state index contributed by atoms with van der Waals surface area (Å²) in [6.07, 6.45) is 3.58. The first kappa shape index (κ1) is 22.0. The number of halogens is 3. The Labute approximate surface area is 175 Å². The summed E-state index contributed by atoms with van der Waals surface area (Å²) in [7, 11) is 0. The molecule has 0 unspecified atom stereocenters. The Morgan fingerprint density at radius 3 is 2.78 bits per heavy atom. The van der Waals surface area contributed by atoms with Gasteiger partial charge in [-0.15, -0.1) is 17.5 Å². The largest absolute Gasteiger partial charge is 0.351 e. The number of rotatable bonds is 6. The average molecular weight is 433 g/mol. The van der Waals surface area contributed by atoms with E-state index in [0.717, 1.165) is 50.0 Å². The van der Waals surface area contributed by atoms with Crippen molar-refractivity contribution >= 4 is 41.5 Å². The van der Waals surface area contributed by atoms with Crippen molar-refractivity contribution in [1.29, 1.82) is 0 Å². The summed E-state index contributed by atoms with van der Waals surface area (Å²) < 4.78 is 1.89. The van der Waals surface area contributed by atoms with Gasteiger partial charge in [0.15, 0.2) is 5.69 Å². The third-order valence-electron chi connectivity index (χ3n) is 4.72. The number of aromatic nitrogens is 3. The molecule has 0 radical (unpaired) electrons. The van der Waals surface area contributed by atoms with Gasteiger partial charge in [0.1, 0.15) is 0 Å². The van der Waals surface area contributed by atoms with Crippen molar-refractivity contribution in [1.82, 2.24) is 25.6 Å². The average Bonchev–Trinajstić information content (AvgIpc) is 3.02. The van der Waals surface area contributed by atoms with E-state index in [1.165, 1.54) is 0 Å². The monoisotopic (exact) mass is 431 g/mol. The van der Waals surface area contributed by atoms with Crippen molar-refractivity contribution in [3.63, 3.8) is 0 Å². The number of carbonyl (C=O) groups excluding carboxylic acids is 1. The van der Waals surface area contributed by atoms with Gasteiger partial charge in [-0.25, -0.2) is 4.68 Å². The SMILES string of the molecule is Cc1c(C(=O)NCCCc2ccc(Cl)cc2Cl)nnn1C1CCNCC1.Cl. The van der Waals surface area contributed by atoms with Gasteiger partial charge in [0.2, 0.25) is 0 Å². The topological polar surface area (TPSA) is 71.8 Å². The number of nitrogens with zero attached hydrogens (tertiary/aromatic N) is 3. The zero-order valence-corrected chi connectivity index (χ0v) is 17.5. The molecular weight excluding hydrogens is 409 g/mol. The molecule has 0 atom stereocenters. The molecule has 1 aliphatic heterocycles. The third-order valence-corrected chi connectivity index (χ3v) is 5.31. The molecule has 2 aromatic rings. The molecule has 27 heavy (non-hydrogen) atoms. The Morgan fingerprint density at radius 1 is 1.33 bits per heavy atom. The minimum absolute atomic E-state index is 0. The Balaban J connectivity index is 0.00000261. The first-order valence-corrected chi connectivity index (χ1v) is 9.66. The van der Waals surface area contributed by atoms with E-state index in [-0.39, 0.29) is 18.3 Å². The fourth-order valence-electron chi connectivity index (χ4n) is 3.24. The highest BCUT2D eigenvalue weighted by Crippen LogP contribution is 2.22. The van der Waals surface area contributed by atoms with Gasteiger partial charge in [0, 0.05) is 16.6 Å². The lowest BCUT2D eigenvalue weighted by Gasteiger charge is -2.23. The van der Waals surface area contributed by atoms with Crippen molar-refractivity contribution < 1.29 is 4.79 Å². The lowest BCUT2D eigenvalue weighted by atomic mass is 10.1. The molecule has 0 spiro atoms. The Kier molecular flexibility index (Phi) is 8.35. The van der Waals surface area contributed by atoms with E-state index in [9.17, 15) is 4.79 Å². The standard InChI is InChI=1S/C18H23Cl2N5O.ClH/c1-12-17(23-24-25(12)15-6-9-21-10-7-15)18(26)22-8-2-3-13-4-5-14(19)11-16(13)20;/h4-5,11,15,21H,2-3,6-10H2,1H3,(H,22,26);1H. The molecule has 1 aliphatic rings. The Bertz CT molecular complexity index is 774. The van der Waals surface area contributed by atoms with Crippen LogP contribution in [0.15, 0.2) is 18.2 Å². The predicted molar refractivity (Wildman–Crippen MR) is 110 cm³/mol. The predicted octanol–water partition coefficient (Wildman–Crippen LogP) is 3.60. The summed E-state index contributed by atoms with van der Waals surface area (Å²) in [5, 5.41) is 15.8. The Hall–Kier alpha value is -1.34. The Morgan fingerprint density at radius 2 is 2.07 bits per heavy atom. The van der Waals surface area contributed by atoms with Gasteiger partial charge in [-0.3, -0.25) is 4.79 Å². The quantitative estimate of drug-likeness (QED) is 0.684. The fourth-order valence-corrected chi connectivity index (χ4v) is 3.74. The number of carbonyl (C=O) groups is 1. The number of benzene rings is 1. The molecule has 1 aromatic carbocycles. The van der Waals surface area contributed by atoms with Crippen molar-refractivity contribution in [2.24, 2.45) is 0 Å². The number of nitrogens with one attached hydrogen (secondary N) is 2. The summed E-state index contributed by atoms with van der Waals surface area (Å²) in [5.41, 5.74) is 2.27. The first-order valence-electron chi connectivity index (χ1n) is 8.91. The molecule has 148 valence electrons. The van der Waals surface area contributed by atoms with Crippen LogP contribution >= 0.6 is 35.6 Å². The van der Waals surface area contributed by atoms with Crippen molar-refractivity contribution in [3.8, 4) is 0 Å². The van der Waals surface area contributed by atoms with Crippen LogP contribution in [0.5, 0.6) is 0 Å². The van der Waals surface area contributed by atoms with Crippen LogP contribution in [0.25, 0.3) is 0 Å². The van der Waals surface area contributed by atoms with E-state index in [1.807, 2.05) is 23.7 Å².